The summed E-state index contributed by atoms with van der Waals surface area (Å²) in [5, 5.41) is 12.0. The molecule has 3 amide bonds. The van der Waals surface area contributed by atoms with Crippen LogP contribution in [0.25, 0.3) is 6.08 Å². The van der Waals surface area contributed by atoms with Crippen LogP contribution in [0.5, 0.6) is 11.5 Å². The Kier molecular flexibility index (Phi) is 6.85. The lowest BCUT2D eigenvalue weighted by atomic mass is 10.2. The first-order chi connectivity index (χ1) is 16.0. The normalized spacial score (nSPS) is 17.5. The number of nitrogens with zero attached hydrogens (tertiary/aromatic N) is 2. The molecule has 0 aliphatic carbocycles. The van der Waals surface area contributed by atoms with Gasteiger partial charge in [-0.1, -0.05) is 18.2 Å². The number of nitrogens with one attached hydrogen (secondary N) is 1. The summed E-state index contributed by atoms with van der Waals surface area (Å²) in [7, 11) is 1.42. The number of imide groups is 1. The summed E-state index contributed by atoms with van der Waals surface area (Å²) in [6, 6.07) is 12.0. The van der Waals surface area contributed by atoms with Gasteiger partial charge in [-0.25, -0.2) is 0 Å². The Labute approximate surface area is 195 Å². The third-order valence-electron chi connectivity index (χ3n) is 5.21. The molecule has 0 spiro atoms. The SMILES string of the molecule is COc1cc(C=C2SC(=O)N(CC(=O)Nc3ccccc3N3CCOCC3)C2=O)ccc1O. The Balaban J connectivity index is 1.45. The maximum Gasteiger partial charge on any atom is 0.294 e. The monoisotopic (exact) mass is 469 g/mol. The van der Waals surface area contributed by atoms with Crippen molar-refractivity contribution >= 4 is 46.3 Å². The van der Waals surface area contributed by atoms with Crippen molar-refractivity contribution < 1.29 is 29.0 Å². The van der Waals surface area contributed by atoms with Gasteiger partial charge in [-0.3, -0.25) is 19.3 Å². The zero-order valence-corrected chi connectivity index (χ0v) is 18.8. The van der Waals surface area contributed by atoms with Crippen LogP contribution in [0.3, 0.4) is 0 Å². The summed E-state index contributed by atoms with van der Waals surface area (Å²) >= 11 is 0.762. The van der Waals surface area contributed by atoms with E-state index in [2.05, 4.69) is 10.2 Å². The van der Waals surface area contributed by atoms with Crippen molar-refractivity contribution in [1.29, 1.82) is 0 Å². The quantitative estimate of drug-likeness (QED) is 0.622. The smallest absolute Gasteiger partial charge is 0.294 e. The second-order valence-corrected chi connectivity index (χ2v) is 8.36. The highest BCUT2D eigenvalue weighted by Gasteiger charge is 2.36. The Morgan fingerprint density at radius 1 is 1.21 bits per heavy atom. The van der Waals surface area contributed by atoms with Crippen molar-refractivity contribution in [2.24, 2.45) is 0 Å². The number of aromatic hydroxyl groups is 1. The van der Waals surface area contributed by atoms with E-state index in [0.29, 0.717) is 37.6 Å². The molecule has 2 N–H and O–H groups in total. The number of phenolic OH excluding ortho intramolecular Hbond substituents is 1. The number of rotatable bonds is 6. The molecular weight excluding hydrogens is 446 g/mol. The van der Waals surface area contributed by atoms with E-state index in [1.54, 1.807) is 18.2 Å². The second kappa shape index (κ2) is 9.97. The molecule has 2 aromatic carbocycles. The van der Waals surface area contributed by atoms with Crippen LogP contribution in [0.15, 0.2) is 47.4 Å². The van der Waals surface area contributed by atoms with Crippen LogP contribution in [0, 0.1) is 0 Å². The lowest BCUT2D eigenvalue weighted by molar-refractivity contribution is -0.127. The van der Waals surface area contributed by atoms with Gasteiger partial charge in [-0.15, -0.1) is 0 Å². The van der Waals surface area contributed by atoms with Gasteiger partial charge in [0.05, 0.1) is 36.6 Å². The van der Waals surface area contributed by atoms with E-state index in [1.165, 1.54) is 19.3 Å². The first-order valence-electron chi connectivity index (χ1n) is 10.3. The minimum atomic E-state index is -0.548. The highest BCUT2D eigenvalue weighted by molar-refractivity contribution is 8.18. The van der Waals surface area contributed by atoms with E-state index >= 15 is 0 Å². The Morgan fingerprint density at radius 2 is 1.97 bits per heavy atom. The maximum atomic E-state index is 12.8. The van der Waals surface area contributed by atoms with Crippen LogP contribution in [0.4, 0.5) is 16.2 Å². The zero-order valence-electron chi connectivity index (χ0n) is 17.9. The lowest BCUT2D eigenvalue weighted by Gasteiger charge is -2.30. The number of carbonyl (C=O) groups is 3. The molecule has 0 atom stereocenters. The molecule has 0 radical (unpaired) electrons. The van der Waals surface area contributed by atoms with E-state index in [1.807, 2.05) is 18.2 Å². The number of anilines is 2. The van der Waals surface area contributed by atoms with E-state index in [4.69, 9.17) is 9.47 Å². The Bertz CT molecular complexity index is 1110. The molecule has 0 aromatic heterocycles. The molecule has 9 nitrogen and oxygen atoms in total. The number of carbonyl (C=O) groups excluding carboxylic acids is 3. The van der Waals surface area contributed by atoms with Gasteiger partial charge in [0.25, 0.3) is 11.1 Å². The number of para-hydroxylation sites is 2. The summed E-state index contributed by atoms with van der Waals surface area (Å²) in [6.45, 7) is 2.25. The van der Waals surface area contributed by atoms with Gasteiger partial charge in [0, 0.05) is 13.1 Å². The number of morpholine rings is 1. The molecule has 4 rings (SSSR count). The topological polar surface area (TPSA) is 108 Å². The van der Waals surface area contributed by atoms with Crippen molar-refractivity contribution in [3.8, 4) is 11.5 Å². The second-order valence-electron chi connectivity index (χ2n) is 7.36. The van der Waals surface area contributed by atoms with Gasteiger partial charge in [-0.2, -0.15) is 0 Å². The molecule has 2 heterocycles. The van der Waals surface area contributed by atoms with E-state index in [0.717, 1.165) is 22.3 Å². The van der Waals surface area contributed by atoms with Crippen LogP contribution in [-0.2, 0) is 14.3 Å². The predicted molar refractivity (Wildman–Crippen MR) is 125 cm³/mol. The summed E-state index contributed by atoms with van der Waals surface area (Å²) in [5.74, 6) is -0.794. The summed E-state index contributed by atoms with van der Waals surface area (Å²) in [4.78, 5) is 41.1. The van der Waals surface area contributed by atoms with Crippen molar-refractivity contribution in [2.45, 2.75) is 0 Å². The third kappa shape index (κ3) is 5.12. The van der Waals surface area contributed by atoms with Crippen molar-refractivity contribution in [2.75, 3.05) is 50.2 Å². The van der Waals surface area contributed by atoms with Crippen molar-refractivity contribution in [1.82, 2.24) is 4.90 Å². The highest BCUT2D eigenvalue weighted by Crippen LogP contribution is 2.34. The van der Waals surface area contributed by atoms with Gasteiger partial charge in [0.2, 0.25) is 5.91 Å². The van der Waals surface area contributed by atoms with Crippen LogP contribution in [0.2, 0.25) is 0 Å². The van der Waals surface area contributed by atoms with Crippen LogP contribution in [0.1, 0.15) is 5.56 Å². The summed E-state index contributed by atoms with van der Waals surface area (Å²) in [5.41, 5.74) is 2.06. The van der Waals surface area contributed by atoms with Crippen LogP contribution in [-0.4, -0.2) is 67.0 Å². The van der Waals surface area contributed by atoms with Gasteiger partial charge < -0.3 is 24.8 Å². The number of methoxy groups -OCH3 is 1. The Hall–Kier alpha value is -3.50. The first-order valence-corrected chi connectivity index (χ1v) is 11.1. The first kappa shape index (κ1) is 22.7. The molecule has 10 heteroatoms. The molecule has 2 saturated heterocycles. The number of amides is 3. The fourth-order valence-electron chi connectivity index (χ4n) is 3.56. The number of benzene rings is 2. The highest BCUT2D eigenvalue weighted by atomic mass is 32.2. The van der Waals surface area contributed by atoms with Crippen molar-refractivity contribution in [3.05, 3.63) is 52.9 Å². The fourth-order valence-corrected chi connectivity index (χ4v) is 4.40. The molecular formula is C23H23N3O6S. The van der Waals surface area contributed by atoms with Gasteiger partial charge in [0.15, 0.2) is 11.5 Å². The standard InChI is InChI=1S/C23H23N3O6S/c1-31-19-12-15(6-7-18(19)27)13-20-22(29)26(23(30)33-20)14-21(28)24-16-4-2-3-5-17(16)25-8-10-32-11-9-25/h2-7,12-13,27H,8-11,14H2,1H3,(H,24,28). The average molecular weight is 470 g/mol. The maximum absolute atomic E-state index is 12.8. The zero-order chi connectivity index (χ0) is 23.4. The van der Waals surface area contributed by atoms with Gasteiger partial charge >= 0.3 is 0 Å². The van der Waals surface area contributed by atoms with E-state index < -0.39 is 23.6 Å². The molecule has 2 aliphatic heterocycles. The molecule has 2 fully saturated rings. The molecule has 2 aromatic rings. The van der Waals surface area contributed by atoms with Crippen LogP contribution >= 0.6 is 11.8 Å². The van der Waals surface area contributed by atoms with Gasteiger partial charge in [0.1, 0.15) is 6.54 Å². The minimum absolute atomic E-state index is 0.0308. The number of ether oxygens (including phenoxy) is 2. The minimum Gasteiger partial charge on any atom is -0.504 e. The van der Waals surface area contributed by atoms with Crippen LogP contribution < -0.4 is 15.0 Å². The molecule has 0 unspecified atom stereocenters. The number of phenols is 1. The molecule has 2 aliphatic rings. The van der Waals surface area contributed by atoms with E-state index in [-0.39, 0.29) is 16.4 Å². The molecule has 172 valence electrons. The molecule has 33 heavy (non-hydrogen) atoms. The number of thioether (sulfide) groups is 1. The largest absolute Gasteiger partial charge is 0.504 e. The average Bonchev–Trinajstić information content (AvgIpc) is 3.08. The van der Waals surface area contributed by atoms with Crippen molar-refractivity contribution in [3.63, 3.8) is 0 Å². The fraction of sp³-hybridized carbons (Fsp3) is 0.261. The number of hydrogen-bond donors (Lipinski definition) is 2. The molecule has 0 saturated carbocycles. The predicted octanol–water partition coefficient (Wildman–Crippen LogP) is 2.91. The number of hydrogen-bond acceptors (Lipinski definition) is 8. The van der Waals surface area contributed by atoms with Gasteiger partial charge in [-0.05, 0) is 47.7 Å². The lowest BCUT2D eigenvalue weighted by Crippen LogP contribution is -2.38. The summed E-state index contributed by atoms with van der Waals surface area (Å²) < 4.78 is 10.5. The Morgan fingerprint density at radius 3 is 2.73 bits per heavy atom. The third-order valence-corrected chi connectivity index (χ3v) is 6.11. The molecule has 0 bridgehead atoms. The van der Waals surface area contributed by atoms with E-state index in [9.17, 15) is 19.5 Å². The summed E-state index contributed by atoms with van der Waals surface area (Å²) in [6.07, 6.45) is 1.53.